The Morgan fingerprint density at radius 3 is 2.74 bits per heavy atom. The maximum atomic E-state index is 6.08. The molecule has 176 valence electrons. The molecule has 0 spiro atoms. The van der Waals surface area contributed by atoms with Crippen molar-refractivity contribution in [1.29, 1.82) is 0 Å². The first kappa shape index (κ1) is 21.3. The summed E-state index contributed by atoms with van der Waals surface area (Å²) in [5, 5.41) is 10.2. The molecule has 3 aromatic heterocycles. The number of fused-ring (bicyclic) bond motifs is 2. The third kappa shape index (κ3) is 4.33. The van der Waals surface area contributed by atoms with Gasteiger partial charge in [0.05, 0.1) is 26.9 Å². The second-order valence-corrected chi connectivity index (χ2v) is 8.36. The molecular formula is C26H24N6O3. The van der Waals surface area contributed by atoms with Crippen LogP contribution in [0.3, 0.4) is 0 Å². The van der Waals surface area contributed by atoms with Crippen LogP contribution in [-0.2, 0) is 11.3 Å². The van der Waals surface area contributed by atoms with Crippen molar-refractivity contribution in [3.8, 4) is 11.6 Å². The standard InChI is InChI=1S/C26H24N6O3/c1-33-20-5-2-17(3-6-20)15-32-25-23(27-11-12-28-25)24(31-32)30-19-4-7-22-18(14-19)8-10-29-26(22)35-21-9-13-34-16-21/h2-8,10-12,14,21H,9,13,15-16H2,1H3,(H,30,31)/t21-/m1/s1. The summed E-state index contributed by atoms with van der Waals surface area (Å²) in [5.74, 6) is 2.09. The summed E-state index contributed by atoms with van der Waals surface area (Å²) in [7, 11) is 1.66. The fourth-order valence-electron chi connectivity index (χ4n) is 4.22. The number of nitrogens with zero attached hydrogens (tertiary/aromatic N) is 5. The van der Waals surface area contributed by atoms with Crippen LogP contribution < -0.4 is 14.8 Å². The highest BCUT2D eigenvalue weighted by Gasteiger charge is 2.19. The molecule has 9 heteroatoms. The molecule has 9 nitrogen and oxygen atoms in total. The largest absolute Gasteiger partial charge is 0.497 e. The molecule has 0 radical (unpaired) electrons. The van der Waals surface area contributed by atoms with E-state index in [0.29, 0.717) is 36.0 Å². The van der Waals surface area contributed by atoms with Gasteiger partial charge < -0.3 is 19.5 Å². The van der Waals surface area contributed by atoms with Gasteiger partial charge in [-0.3, -0.25) is 0 Å². The van der Waals surface area contributed by atoms with E-state index in [1.807, 2.05) is 47.1 Å². The van der Waals surface area contributed by atoms with Gasteiger partial charge in [-0.25, -0.2) is 19.6 Å². The van der Waals surface area contributed by atoms with Gasteiger partial charge >= 0.3 is 0 Å². The molecule has 0 unspecified atom stereocenters. The highest BCUT2D eigenvalue weighted by Crippen LogP contribution is 2.30. The number of nitrogens with one attached hydrogen (secondary N) is 1. The van der Waals surface area contributed by atoms with Crippen LogP contribution >= 0.6 is 0 Å². The van der Waals surface area contributed by atoms with E-state index in [0.717, 1.165) is 40.8 Å². The molecule has 6 rings (SSSR count). The van der Waals surface area contributed by atoms with E-state index in [4.69, 9.17) is 19.3 Å². The quantitative estimate of drug-likeness (QED) is 0.377. The molecule has 0 saturated carbocycles. The molecule has 1 fully saturated rings. The molecule has 0 bridgehead atoms. The predicted molar refractivity (Wildman–Crippen MR) is 132 cm³/mol. The van der Waals surface area contributed by atoms with Gasteiger partial charge in [-0.15, -0.1) is 0 Å². The first-order chi connectivity index (χ1) is 17.3. The molecule has 4 heterocycles. The fraction of sp³-hybridized carbons (Fsp3) is 0.231. The second-order valence-electron chi connectivity index (χ2n) is 8.36. The molecule has 0 amide bonds. The Bertz CT molecular complexity index is 1480. The Balaban J connectivity index is 1.29. The summed E-state index contributed by atoms with van der Waals surface area (Å²) in [6.45, 7) is 1.90. The second kappa shape index (κ2) is 9.19. The van der Waals surface area contributed by atoms with Crippen LogP contribution in [0, 0.1) is 0 Å². The van der Waals surface area contributed by atoms with Gasteiger partial charge in [0, 0.05) is 36.1 Å². The minimum absolute atomic E-state index is 0.0468. The Kier molecular flexibility index (Phi) is 5.59. The van der Waals surface area contributed by atoms with Gasteiger partial charge in [-0.1, -0.05) is 12.1 Å². The number of aromatic nitrogens is 5. The topological polar surface area (TPSA) is 96.2 Å². The van der Waals surface area contributed by atoms with E-state index in [-0.39, 0.29) is 6.10 Å². The smallest absolute Gasteiger partial charge is 0.221 e. The van der Waals surface area contributed by atoms with Crippen molar-refractivity contribution in [2.45, 2.75) is 19.1 Å². The van der Waals surface area contributed by atoms with Crippen LogP contribution in [0.5, 0.6) is 11.6 Å². The summed E-state index contributed by atoms with van der Waals surface area (Å²) < 4.78 is 18.6. The van der Waals surface area contributed by atoms with E-state index in [9.17, 15) is 0 Å². The van der Waals surface area contributed by atoms with Crippen molar-refractivity contribution in [2.24, 2.45) is 0 Å². The number of pyridine rings is 1. The summed E-state index contributed by atoms with van der Waals surface area (Å²) in [6, 6.07) is 15.9. The minimum atomic E-state index is 0.0468. The van der Waals surface area contributed by atoms with E-state index < -0.39 is 0 Å². The van der Waals surface area contributed by atoms with Gasteiger partial charge in [-0.05, 0) is 47.3 Å². The third-order valence-corrected chi connectivity index (χ3v) is 6.02. The molecule has 2 aromatic carbocycles. The molecule has 0 aliphatic carbocycles. The Labute approximate surface area is 201 Å². The van der Waals surface area contributed by atoms with E-state index in [1.54, 1.807) is 25.7 Å². The molecule has 1 saturated heterocycles. The van der Waals surface area contributed by atoms with Crippen molar-refractivity contribution in [2.75, 3.05) is 25.6 Å². The van der Waals surface area contributed by atoms with Crippen molar-refractivity contribution >= 4 is 33.4 Å². The average Bonchev–Trinajstić information content (AvgIpc) is 3.53. The van der Waals surface area contributed by atoms with Crippen LogP contribution in [0.25, 0.3) is 21.9 Å². The third-order valence-electron chi connectivity index (χ3n) is 6.02. The normalized spacial score (nSPS) is 15.5. The molecule has 1 aliphatic heterocycles. The van der Waals surface area contributed by atoms with Crippen LogP contribution in [0.4, 0.5) is 11.5 Å². The van der Waals surface area contributed by atoms with Gasteiger partial charge in [0.2, 0.25) is 5.88 Å². The first-order valence-electron chi connectivity index (χ1n) is 11.5. The molecule has 1 N–H and O–H groups in total. The van der Waals surface area contributed by atoms with Gasteiger partial charge in [0.1, 0.15) is 11.9 Å². The highest BCUT2D eigenvalue weighted by molar-refractivity contribution is 5.92. The minimum Gasteiger partial charge on any atom is -0.497 e. The average molecular weight is 469 g/mol. The van der Waals surface area contributed by atoms with E-state index in [1.165, 1.54) is 0 Å². The highest BCUT2D eigenvalue weighted by atomic mass is 16.5. The summed E-state index contributed by atoms with van der Waals surface area (Å²) in [6.07, 6.45) is 6.05. The summed E-state index contributed by atoms with van der Waals surface area (Å²) in [4.78, 5) is 13.5. The van der Waals surface area contributed by atoms with Crippen LogP contribution in [0.2, 0.25) is 0 Å². The monoisotopic (exact) mass is 468 g/mol. The number of rotatable bonds is 7. The SMILES string of the molecule is COc1ccc(Cn2nc(Nc3ccc4c(O[C@@H]5CCOC5)nccc4c3)c3nccnc32)cc1. The maximum Gasteiger partial charge on any atom is 0.221 e. The first-order valence-corrected chi connectivity index (χ1v) is 11.5. The Morgan fingerprint density at radius 1 is 1.03 bits per heavy atom. The zero-order valence-corrected chi connectivity index (χ0v) is 19.2. The van der Waals surface area contributed by atoms with Crippen LogP contribution in [0.15, 0.2) is 67.1 Å². The Morgan fingerprint density at radius 2 is 1.91 bits per heavy atom. The lowest BCUT2D eigenvalue weighted by molar-refractivity contribution is 0.139. The van der Waals surface area contributed by atoms with E-state index >= 15 is 0 Å². The fourth-order valence-corrected chi connectivity index (χ4v) is 4.22. The van der Waals surface area contributed by atoms with Gasteiger partial charge in [-0.2, -0.15) is 5.10 Å². The number of benzene rings is 2. The maximum absolute atomic E-state index is 6.08. The lowest BCUT2D eigenvalue weighted by Crippen LogP contribution is -2.16. The zero-order valence-electron chi connectivity index (χ0n) is 19.2. The zero-order chi connectivity index (χ0) is 23.6. The molecule has 1 atom stereocenters. The van der Waals surface area contributed by atoms with Crippen molar-refractivity contribution in [1.82, 2.24) is 24.7 Å². The molecule has 5 aromatic rings. The van der Waals surface area contributed by atoms with Gasteiger partial charge in [0.15, 0.2) is 17.0 Å². The van der Waals surface area contributed by atoms with Gasteiger partial charge in [0.25, 0.3) is 0 Å². The van der Waals surface area contributed by atoms with Crippen molar-refractivity contribution in [3.63, 3.8) is 0 Å². The molecular weight excluding hydrogens is 444 g/mol. The summed E-state index contributed by atoms with van der Waals surface area (Å²) >= 11 is 0. The van der Waals surface area contributed by atoms with Crippen molar-refractivity contribution < 1.29 is 14.2 Å². The van der Waals surface area contributed by atoms with Crippen LogP contribution in [0.1, 0.15) is 12.0 Å². The lowest BCUT2D eigenvalue weighted by atomic mass is 10.1. The molecule has 1 aliphatic rings. The lowest BCUT2D eigenvalue weighted by Gasteiger charge is -2.13. The number of hydrogen-bond donors (Lipinski definition) is 1. The van der Waals surface area contributed by atoms with Crippen LogP contribution in [-0.4, -0.2) is 51.2 Å². The Hall–Kier alpha value is -4.24. The number of hydrogen-bond acceptors (Lipinski definition) is 8. The molecule has 35 heavy (non-hydrogen) atoms. The van der Waals surface area contributed by atoms with Crippen molar-refractivity contribution in [3.05, 3.63) is 72.7 Å². The summed E-state index contributed by atoms with van der Waals surface area (Å²) in [5.41, 5.74) is 3.40. The predicted octanol–water partition coefficient (Wildman–Crippen LogP) is 4.34. The number of ether oxygens (including phenoxy) is 3. The number of anilines is 2. The van der Waals surface area contributed by atoms with E-state index in [2.05, 4.69) is 26.3 Å². The number of methoxy groups -OCH3 is 1.